The third-order valence-electron chi connectivity index (χ3n) is 3.15. The van der Waals surface area contributed by atoms with E-state index < -0.39 is 5.97 Å². The van der Waals surface area contributed by atoms with Crippen molar-refractivity contribution in [2.24, 2.45) is 0 Å². The highest BCUT2D eigenvalue weighted by Gasteiger charge is 2.17. The molecule has 0 heterocycles. The zero-order chi connectivity index (χ0) is 15.8. The van der Waals surface area contributed by atoms with Gasteiger partial charge in [-0.15, -0.1) is 0 Å². The average Bonchev–Trinajstić information content (AvgIpc) is 2.56. The average molecular weight is 297 g/mol. The fraction of sp³-hybridized carbons (Fsp3) is 0.222. The smallest absolute Gasteiger partial charge is 0.338 e. The van der Waals surface area contributed by atoms with Gasteiger partial charge in [0.05, 0.1) is 17.7 Å². The quantitative estimate of drug-likeness (QED) is 0.650. The van der Waals surface area contributed by atoms with Crippen LogP contribution in [0.15, 0.2) is 54.6 Å². The summed E-state index contributed by atoms with van der Waals surface area (Å²) >= 11 is 0. The van der Waals surface area contributed by atoms with Gasteiger partial charge in [0.25, 0.3) is 5.91 Å². The van der Waals surface area contributed by atoms with Gasteiger partial charge in [0.1, 0.15) is 0 Å². The Morgan fingerprint density at radius 2 is 1.59 bits per heavy atom. The number of carbonyl (C=O) groups excluding carboxylic acids is 2. The number of unbranched alkanes of at least 4 members (excludes halogenated alkanes) is 1. The molecule has 114 valence electrons. The number of rotatable bonds is 6. The summed E-state index contributed by atoms with van der Waals surface area (Å²) in [6.07, 6.45) is 1.76. The van der Waals surface area contributed by atoms with Gasteiger partial charge in [-0.05, 0) is 30.7 Å². The van der Waals surface area contributed by atoms with Crippen molar-refractivity contribution in [2.45, 2.75) is 19.8 Å². The topological polar surface area (TPSA) is 55.4 Å². The van der Waals surface area contributed by atoms with Crippen LogP contribution in [-0.2, 0) is 4.74 Å². The minimum Gasteiger partial charge on any atom is -0.462 e. The van der Waals surface area contributed by atoms with Gasteiger partial charge in [-0.2, -0.15) is 0 Å². The molecule has 0 aliphatic heterocycles. The third kappa shape index (κ3) is 4.19. The van der Waals surface area contributed by atoms with Crippen molar-refractivity contribution in [1.29, 1.82) is 0 Å². The lowest BCUT2D eigenvalue weighted by molar-refractivity contribution is 0.0497. The minimum absolute atomic E-state index is 0.284. The minimum atomic E-state index is -0.465. The number of ether oxygens (including phenoxy) is 1. The monoisotopic (exact) mass is 297 g/mol. The van der Waals surface area contributed by atoms with Crippen LogP contribution in [0.1, 0.15) is 40.5 Å². The highest BCUT2D eigenvalue weighted by Crippen LogP contribution is 2.14. The van der Waals surface area contributed by atoms with Crippen LogP contribution in [0.25, 0.3) is 0 Å². The van der Waals surface area contributed by atoms with E-state index in [0.29, 0.717) is 17.9 Å². The molecule has 22 heavy (non-hydrogen) atoms. The number of hydrogen-bond donors (Lipinski definition) is 1. The SMILES string of the molecule is CCCCOC(=O)c1ccccc1C(=O)Nc1ccccc1. The lowest BCUT2D eigenvalue weighted by Crippen LogP contribution is -2.17. The molecule has 1 amide bonds. The molecule has 4 heteroatoms. The first kappa shape index (κ1) is 15.8. The summed E-state index contributed by atoms with van der Waals surface area (Å²) in [5.41, 5.74) is 1.28. The standard InChI is InChI=1S/C18H19NO3/c1-2-3-13-22-18(21)16-12-8-7-11-15(16)17(20)19-14-9-5-4-6-10-14/h4-12H,2-3,13H2,1H3,(H,19,20). The zero-order valence-corrected chi connectivity index (χ0v) is 12.5. The Balaban J connectivity index is 2.13. The Labute approximate surface area is 130 Å². The van der Waals surface area contributed by atoms with Crippen LogP contribution < -0.4 is 5.32 Å². The first-order valence-electron chi connectivity index (χ1n) is 7.35. The molecule has 2 aromatic carbocycles. The molecule has 0 aliphatic carbocycles. The van der Waals surface area contributed by atoms with Crippen LogP contribution in [0, 0.1) is 0 Å². The van der Waals surface area contributed by atoms with E-state index in [-0.39, 0.29) is 11.5 Å². The van der Waals surface area contributed by atoms with Crippen molar-refractivity contribution in [2.75, 3.05) is 11.9 Å². The fourth-order valence-electron chi connectivity index (χ4n) is 1.97. The molecule has 4 nitrogen and oxygen atoms in total. The van der Waals surface area contributed by atoms with Crippen molar-refractivity contribution in [3.05, 3.63) is 65.7 Å². The molecule has 2 aromatic rings. The summed E-state index contributed by atoms with van der Waals surface area (Å²) in [4.78, 5) is 24.4. The largest absolute Gasteiger partial charge is 0.462 e. The van der Waals surface area contributed by atoms with Crippen LogP contribution in [0.4, 0.5) is 5.69 Å². The van der Waals surface area contributed by atoms with Gasteiger partial charge in [0.15, 0.2) is 0 Å². The fourth-order valence-corrected chi connectivity index (χ4v) is 1.97. The summed E-state index contributed by atoms with van der Waals surface area (Å²) in [6, 6.07) is 15.8. The molecule has 0 radical (unpaired) electrons. The number of hydrogen-bond acceptors (Lipinski definition) is 3. The first-order valence-corrected chi connectivity index (χ1v) is 7.35. The van der Waals surface area contributed by atoms with Crippen LogP contribution in [0.2, 0.25) is 0 Å². The van der Waals surface area contributed by atoms with Gasteiger partial charge in [-0.25, -0.2) is 4.79 Å². The summed E-state index contributed by atoms with van der Waals surface area (Å²) in [5.74, 6) is -0.790. The second kappa shape index (κ2) is 7.98. The van der Waals surface area contributed by atoms with Gasteiger partial charge in [0.2, 0.25) is 0 Å². The molecule has 0 spiro atoms. The normalized spacial score (nSPS) is 10.0. The molecule has 1 N–H and O–H groups in total. The van der Waals surface area contributed by atoms with Gasteiger partial charge >= 0.3 is 5.97 Å². The number of anilines is 1. The molecule has 0 aliphatic rings. The maximum atomic E-state index is 12.4. The van der Waals surface area contributed by atoms with Crippen LogP contribution in [0.3, 0.4) is 0 Å². The second-order valence-electron chi connectivity index (χ2n) is 4.86. The maximum absolute atomic E-state index is 12.4. The molecule has 0 unspecified atom stereocenters. The predicted octanol–water partition coefficient (Wildman–Crippen LogP) is 3.90. The molecule has 0 saturated heterocycles. The van der Waals surface area contributed by atoms with Gasteiger partial charge in [-0.3, -0.25) is 4.79 Å². The lowest BCUT2D eigenvalue weighted by atomic mass is 10.1. The van der Waals surface area contributed by atoms with Crippen LogP contribution >= 0.6 is 0 Å². The summed E-state index contributed by atoms with van der Waals surface area (Å²) in [7, 11) is 0. The Morgan fingerprint density at radius 3 is 2.27 bits per heavy atom. The van der Waals surface area contributed by atoms with E-state index in [4.69, 9.17) is 4.74 Å². The van der Waals surface area contributed by atoms with E-state index in [9.17, 15) is 9.59 Å². The molecule has 2 rings (SSSR count). The number of esters is 1. The summed E-state index contributed by atoms with van der Waals surface area (Å²) < 4.78 is 5.19. The number of benzene rings is 2. The number of amides is 1. The van der Waals surface area contributed by atoms with E-state index in [0.717, 1.165) is 12.8 Å². The van der Waals surface area contributed by atoms with Crippen LogP contribution in [0.5, 0.6) is 0 Å². The van der Waals surface area contributed by atoms with Gasteiger partial charge in [0, 0.05) is 5.69 Å². The van der Waals surface area contributed by atoms with E-state index in [2.05, 4.69) is 5.32 Å². The predicted molar refractivity (Wildman–Crippen MR) is 86.0 cm³/mol. The Hall–Kier alpha value is -2.62. The Kier molecular flexibility index (Phi) is 5.72. The van der Waals surface area contributed by atoms with Gasteiger partial charge < -0.3 is 10.1 Å². The van der Waals surface area contributed by atoms with E-state index in [1.54, 1.807) is 36.4 Å². The Morgan fingerprint density at radius 1 is 0.955 bits per heavy atom. The lowest BCUT2D eigenvalue weighted by Gasteiger charge is -2.10. The number of nitrogens with one attached hydrogen (secondary N) is 1. The summed E-state index contributed by atoms with van der Waals surface area (Å²) in [5, 5.41) is 2.77. The first-order chi connectivity index (χ1) is 10.7. The van der Waals surface area contributed by atoms with E-state index in [1.807, 2.05) is 25.1 Å². The number of para-hydroxylation sites is 1. The molecule has 0 atom stereocenters. The van der Waals surface area contributed by atoms with Crippen molar-refractivity contribution < 1.29 is 14.3 Å². The van der Waals surface area contributed by atoms with Crippen molar-refractivity contribution in [3.63, 3.8) is 0 Å². The molecular weight excluding hydrogens is 278 g/mol. The second-order valence-corrected chi connectivity index (χ2v) is 4.86. The maximum Gasteiger partial charge on any atom is 0.338 e. The van der Waals surface area contributed by atoms with E-state index >= 15 is 0 Å². The van der Waals surface area contributed by atoms with Crippen LogP contribution in [-0.4, -0.2) is 18.5 Å². The molecule has 0 fully saturated rings. The Bertz CT molecular complexity index is 638. The highest BCUT2D eigenvalue weighted by molar-refractivity contribution is 6.11. The summed E-state index contributed by atoms with van der Waals surface area (Å²) in [6.45, 7) is 2.39. The molecule has 0 bridgehead atoms. The van der Waals surface area contributed by atoms with Crippen molar-refractivity contribution >= 4 is 17.6 Å². The number of carbonyl (C=O) groups is 2. The molecule has 0 saturated carbocycles. The van der Waals surface area contributed by atoms with Gasteiger partial charge in [-0.1, -0.05) is 43.7 Å². The zero-order valence-electron chi connectivity index (χ0n) is 12.5. The molecular formula is C18H19NO3. The van der Waals surface area contributed by atoms with Crippen molar-refractivity contribution in [1.82, 2.24) is 0 Å². The third-order valence-corrected chi connectivity index (χ3v) is 3.15. The van der Waals surface area contributed by atoms with Crippen molar-refractivity contribution in [3.8, 4) is 0 Å². The van der Waals surface area contributed by atoms with E-state index in [1.165, 1.54) is 0 Å². The molecule has 0 aromatic heterocycles. The highest BCUT2D eigenvalue weighted by atomic mass is 16.5.